The van der Waals surface area contributed by atoms with Crippen LogP contribution in [0.2, 0.25) is 0 Å². The average molecular weight is 416 g/mol. The van der Waals surface area contributed by atoms with E-state index in [-0.39, 0.29) is 16.8 Å². The zero-order valence-corrected chi connectivity index (χ0v) is 17.1. The lowest BCUT2D eigenvalue weighted by atomic mass is 10.0. The number of hydrogen-bond donors (Lipinski definition) is 1. The monoisotopic (exact) mass is 416 g/mol. The fourth-order valence-corrected chi connectivity index (χ4v) is 4.60. The first-order valence-electron chi connectivity index (χ1n) is 9.74. The zero-order chi connectivity index (χ0) is 20.4. The van der Waals surface area contributed by atoms with Crippen LogP contribution in [0.1, 0.15) is 41.2 Å². The lowest BCUT2D eigenvalue weighted by Crippen LogP contribution is -2.31. The van der Waals surface area contributed by atoms with Crippen molar-refractivity contribution in [2.75, 3.05) is 26.8 Å². The fraction of sp³-hybridized carbons (Fsp3) is 0.381. The van der Waals surface area contributed by atoms with Crippen molar-refractivity contribution < 1.29 is 22.7 Å². The molecule has 1 N–H and O–H groups in total. The predicted octanol–water partition coefficient (Wildman–Crippen LogP) is 2.73. The number of rotatable bonds is 4. The normalized spacial score (nSPS) is 19.1. The summed E-state index contributed by atoms with van der Waals surface area (Å²) in [6.07, 6.45) is 2.57. The van der Waals surface area contributed by atoms with Crippen molar-refractivity contribution in [3.63, 3.8) is 0 Å². The van der Waals surface area contributed by atoms with Gasteiger partial charge in [0, 0.05) is 18.5 Å². The van der Waals surface area contributed by atoms with Crippen molar-refractivity contribution in [3.05, 3.63) is 53.6 Å². The van der Waals surface area contributed by atoms with Gasteiger partial charge in [-0.15, -0.1) is 0 Å². The maximum atomic E-state index is 13.2. The van der Waals surface area contributed by atoms with E-state index in [4.69, 9.17) is 9.47 Å². The molecule has 29 heavy (non-hydrogen) atoms. The highest BCUT2D eigenvalue weighted by Gasteiger charge is 2.31. The minimum Gasteiger partial charge on any atom is -0.490 e. The minimum atomic E-state index is -3.61. The number of carbonyl (C=O) groups excluding carboxylic acids is 1. The van der Waals surface area contributed by atoms with Crippen molar-refractivity contribution >= 4 is 15.9 Å². The summed E-state index contributed by atoms with van der Waals surface area (Å²) in [6.45, 7) is 1.86. The molecule has 154 valence electrons. The number of benzene rings is 2. The Balaban J connectivity index is 1.61. The van der Waals surface area contributed by atoms with E-state index in [1.165, 1.54) is 19.2 Å². The molecule has 0 spiro atoms. The molecule has 1 atom stereocenters. The van der Waals surface area contributed by atoms with Crippen molar-refractivity contribution in [1.29, 1.82) is 0 Å². The topological polar surface area (TPSA) is 84.9 Å². The third kappa shape index (κ3) is 3.95. The van der Waals surface area contributed by atoms with Crippen molar-refractivity contribution in [3.8, 4) is 11.5 Å². The van der Waals surface area contributed by atoms with Gasteiger partial charge in [0.1, 0.15) is 0 Å². The molecule has 2 aromatic carbocycles. The van der Waals surface area contributed by atoms with Gasteiger partial charge in [0.05, 0.1) is 24.2 Å². The molecule has 0 unspecified atom stereocenters. The smallest absolute Gasteiger partial charge is 0.254 e. The number of likely N-dealkylation sites (tertiary alicyclic amines) is 1. The lowest BCUT2D eigenvalue weighted by Gasteiger charge is -2.26. The third-order valence-corrected chi connectivity index (χ3v) is 6.74. The van der Waals surface area contributed by atoms with Gasteiger partial charge in [0.25, 0.3) is 5.91 Å². The maximum absolute atomic E-state index is 13.2. The quantitative estimate of drug-likeness (QED) is 0.828. The molecule has 2 aliphatic heterocycles. The molecule has 2 aromatic rings. The summed E-state index contributed by atoms with van der Waals surface area (Å²) in [4.78, 5) is 15.1. The number of amides is 1. The van der Waals surface area contributed by atoms with E-state index >= 15 is 0 Å². The number of nitrogens with zero attached hydrogens (tertiary/aromatic N) is 1. The Bertz CT molecular complexity index is 1020. The standard InChI is InChI=1S/C21H24N2O5S/c1-22-29(25,26)17-6-2-5-16(13-17)21(24)23-10-3-7-18(23)15-8-9-19-20(14-15)28-12-4-11-27-19/h2,5-6,8-9,13-14,18,22H,3-4,7,10-12H2,1H3/t18-/m1/s1. The van der Waals surface area contributed by atoms with Crippen molar-refractivity contribution in [2.45, 2.75) is 30.2 Å². The SMILES string of the molecule is CNS(=O)(=O)c1cccc(C(=O)N2CCC[C@@H]2c2ccc3c(c2)OCCCO3)c1. The summed E-state index contributed by atoms with van der Waals surface area (Å²) in [6, 6.07) is 11.9. The van der Waals surface area contributed by atoms with E-state index < -0.39 is 10.0 Å². The molecule has 1 amide bonds. The minimum absolute atomic E-state index is 0.0794. The highest BCUT2D eigenvalue weighted by molar-refractivity contribution is 7.89. The molecule has 0 aromatic heterocycles. The van der Waals surface area contributed by atoms with Crippen molar-refractivity contribution in [1.82, 2.24) is 9.62 Å². The third-order valence-electron chi connectivity index (χ3n) is 5.33. The molecular formula is C21H24N2O5S. The first kappa shape index (κ1) is 19.7. The number of sulfonamides is 1. The summed E-state index contributed by atoms with van der Waals surface area (Å²) >= 11 is 0. The van der Waals surface area contributed by atoms with Crippen LogP contribution in [0.4, 0.5) is 0 Å². The second kappa shape index (κ2) is 8.04. The number of nitrogens with one attached hydrogen (secondary N) is 1. The second-order valence-electron chi connectivity index (χ2n) is 7.15. The zero-order valence-electron chi connectivity index (χ0n) is 16.3. The lowest BCUT2D eigenvalue weighted by molar-refractivity contribution is 0.0735. The molecule has 0 saturated carbocycles. The highest BCUT2D eigenvalue weighted by atomic mass is 32.2. The molecule has 0 bridgehead atoms. The van der Waals surface area contributed by atoms with Crippen LogP contribution in [-0.4, -0.2) is 46.0 Å². The van der Waals surface area contributed by atoms with Gasteiger partial charge in [0.2, 0.25) is 10.0 Å². The van der Waals surface area contributed by atoms with E-state index in [1.54, 1.807) is 12.1 Å². The van der Waals surface area contributed by atoms with Gasteiger partial charge >= 0.3 is 0 Å². The van der Waals surface area contributed by atoms with Crippen LogP contribution in [0.25, 0.3) is 0 Å². The Morgan fingerprint density at radius 3 is 2.66 bits per heavy atom. The van der Waals surface area contributed by atoms with Crippen LogP contribution in [0.15, 0.2) is 47.4 Å². The van der Waals surface area contributed by atoms with Crippen molar-refractivity contribution in [2.24, 2.45) is 0 Å². The van der Waals surface area contributed by atoms with Crippen LogP contribution in [0, 0.1) is 0 Å². The van der Waals surface area contributed by atoms with Gasteiger partial charge in [-0.2, -0.15) is 0 Å². The molecule has 2 heterocycles. The van der Waals surface area contributed by atoms with E-state index in [0.717, 1.165) is 30.6 Å². The van der Waals surface area contributed by atoms with Crippen LogP contribution in [0.5, 0.6) is 11.5 Å². The maximum Gasteiger partial charge on any atom is 0.254 e. The molecule has 8 heteroatoms. The second-order valence-corrected chi connectivity index (χ2v) is 9.04. The summed E-state index contributed by atoms with van der Waals surface area (Å²) in [5.41, 5.74) is 1.36. The molecule has 7 nitrogen and oxygen atoms in total. The summed E-state index contributed by atoms with van der Waals surface area (Å²) in [5.74, 6) is 1.27. The fourth-order valence-electron chi connectivity index (χ4n) is 3.82. The number of fused-ring (bicyclic) bond motifs is 1. The van der Waals surface area contributed by atoms with Gasteiger partial charge in [-0.1, -0.05) is 12.1 Å². The average Bonchev–Trinajstić information content (AvgIpc) is 3.11. The molecule has 2 aliphatic rings. The summed E-state index contributed by atoms with van der Waals surface area (Å²) < 4.78 is 37.9. The first-order valence-corrected chi connectivity index (χ1v) is 11.2. The Hall–Kier alpha value is -2.58. The number of ether oxygens (including phenoxy) is 2. The first-order chi connectivity index (χ1) is 14.0. The molecule has 1 fully saturated rings. The van der Waals surface area contributed by atoms with Gasteiger partial charge in [-0.05, 0) is 55.8 Å². The number of carbonyl (C=O) groups is 1. The molecule has 1 saturated heterocycles. The van der Waals surface area contributed by atoms with E-state index in [2.05, 4.69) is 4.72 Å². The molecular weight excluding hydrogens is 392 g/mol. The number of hydrogen-bond acceptors (Lipinski definition) is 5. The van der Waals surface area contributed by atoms with Crippen LogP contribution >= 0.6 is 0 Å². The molecule has 0 radical (unpaired) electrons. The Morgan fingerprint density at radius 2 is 1.86 bits per heavy atom. The van der Waals surface area contributed by atoms with Gasteiger partial charge in [0.15, 0.2) is 11.5 Å². The molecule has 0 aliphatic carbocycles. The largest absolute Gasteiger partial charge is 0.490 e. The highest BCUT2D eigenvalue weighted by Crippen LogP contribution is 2.38. The Labute approximate surface area is 170 Å². The van der Waals surface area contributed by atoms with Crippen LogP contribution < -0.4 is 14.2 Å². The Morgan fingerprint density at radius 1 is 1.07 bits per heavy atom. The summed E-state index contributed by atoms with van der Waals surface area (Å²) in [5, 5.41) is 0. The van der Waals surface area contributed by atoms with Gasteiger partial charge < -0.3 is 14.4 Å². The van der Waals surface area contributed by atoms with E-state index in [1.807, 2.05) is 23.1 Å². The van der Waals surface area contributed by atoms with Crippen LogP contribution in [0.3, 0.4) is 0 Å². The summed E-state index contributed by atoms with van der Waals surface area (Å²) in [7, 11) is -2.26. The predicted molar refractivity (Wildman–Crippen MR) is 108 cm³/mol. The molecule has 4 rings (SSSR count). The van der Waals surface area contributed by atoms with Gasteiger partial charge in [-0.3, -0.25) is 4.79 Å². The van der Waals surface area contributed by atoms with Crippen LogP contribution in [-0.2, 0) is 10.0 Å². The van der Waals surface area contributed by atoms with E-state index in [0.29, 0.717) is 31.1 Å². The van der Waals surface area contributed by atoms with Gasteiger partial charge in [-0.25, -0.2) is 13.1 Å². The van der Waals surface area contributed by atoms with E-state index in [9.17, 15) is 13.2 Å². The Kier molecular flexibility index (Phi) is 5.47.